The Morgan fingerprint density at radius 2 is 2.18 bits per heavy atom. The van der Waals surface area contributed by atoms with Gasteiger partial charge in [0.15, 0.2) is 5.82 Å². The van der Waals surface area contributed by atoms with Crippen molar-refractivity contribution < 1.29 is 9.32 Å². The Morgan fingerprint density at radius 1 is 1.41 bits per heavy atom. The quantitative estimate of drug-likeness (QED) is 0.838. The van der Waals surface area contributed by atoms with Crippen LogP contribution in [-0.4, -0.2) is 21.9 Å². The monoisotopic (exact) mass is 257 g/mol. The molecule has 1 fully saturated rings. The topological polar surface area (TPSA) is 68.0 Å². The first-order valence-electron chi connectivity index (χ1n) is 5.94. The second kappa shape index (κ2) is 6.00. The molecule has 0 aliphatic heterocycles. The van der Waals surface area contributed by atoms with Crippen LogP contribution in [0.25, 0.3) is 0 Å². The predicted octanol–water partition coefficient (Wildman–Crippen LogP) is 1.97. The van der Waals surface area contributed by atoms with Crippen LogP contribution < -0.4 is 5.32 Å². The summed E-state index contributed by atoms with van der Waals surface area (Å²) in [6.45, 7) is 0.255. The normalized spacial score (nSPS) is 17.0. The van der Waals surface area contributed by atoms with E-state index < -0.39 is 0 Å². The number of halogens is 1. The Morgan fingerprint density at radius 3 is 2.88 bits per heavy atom. The molecule has 1 aliphatic carbocycles. The molecule has 1 amide bonds. The van der Waals surface area contributed by atoms with Gasteiger partial charge < -0.3 is 9.84 Å². The Kier molecular flexibility index (Phi) is 4.36. The Balaban J connectivity index is 1.88. The Bertz CT molecular complexity index is 375. The maximum atomic E-state index is 11.0. The van der Waals surface area contributed by atoms with Crippen molar-refractivity contribution in [3.8, 4) is 0 Å². The van der Waals surface area contributed by atoms with Crippen molar-refractivity contribution >= 4 is 17.5 Å². The summed E-state index contributed by atoms with van der Waals surface area (Å²) in [6, 6.07) is 0. The summed E-state index contributed by atoms with van der Waals surface area (Å²) in [4.78, 5) is 15.3. The molecule has 5 nitrogen and oxygen atoms in total. The van der Waals surface area contributed by atoms with Crippen LogP contribution in [0.1, 0.15) is 49.7 Å². The van der Waals surface area contributed by atoms with Gasteiger partial charge in [0.1, 0.15) is 5.88 Å². The van der Waals surface area contributed by atoms with Crippen LogP contribution in [-0.2, 0) is 11.3 Å². The number of rotatable bonds is 4. The number of carbonyl (C=O) groups is 1. The SMILES string of the molecule is O=C(CCl)NCc1nc(C2CCCCC2)no1. The number of nitrogens with one attached hydrogen (secondary N) is 1. The molecule has 17 heavy (non-hydrogen) atoms. The molecule has 6 heteroatoms. The maximum Gasteiger partial charge on any atom is 0.246 e. The summed E-state index contributed by atoms with van der Waals surface area (Å²) in [7, 11) is 0. The van der Waals surface area contributed by atoms with Crippen LogP contribution >= 0.6 is 11.6 Å². The molecule has 1 aliphatic rings. The molecule has 1 aromatic rings. The molecule has 94 valence electrons. The lowest BCUT2D eigenvalue weighted by molar-refractivity contribution is -0.118. The van der Waals surface area contributed by atoms with E-state index in [0.29, 0.717) is 11.8 Å². The zero-order chi connectivity index (χ0) is 12.1. The van der Waals surface area contributed by atoms with E-state index >= 15 is 0 Å². The van der Waals surface area contributed by atoms with Crippen molar-refractivity contribution in [2.45, 2.75) is 44.6 Å². The van der Waals surface area contributed by atoms with Gasteiger partial charge in [0, 0.05) is 5.92 Å². The highest BCUT2D eigenvalue weighted by molar-refractivity contribution is 6.27. The minimum atomic E-state index is -0.232. The number of carbonyl (C=O) groups excluding carboxylic acids is 1. The number of aromatic nitrogens is 2. The van der Waals surface area contributed by atoms with Gasteiger partial charge in [-0.25, -0.2) is 0 Å². The number of amides is 1. The third kappa shape index (κ3) is 3.43. The van der Waals surface area contributed by atoms with Crippen molar-refractivity contribution in [3.63, 3.8) is 0 Å². The van der Waals surface area contributed by atoms with E-state index in [1.165, 1.54) is 19.3 Å². The molecule has 1 aromatic heterocycles. The summed E-state index contributed by atoms with van der Waals surface area (Å²) >= 11 is 5.37. The van der Waals surface area contributed by atoms with Crippen molar-refractivity contribution in [2.24, 2.45) is 0 Å². The van der Waals surface area contributed by atoms with Gasteiger partial charge in [-0.1, -0.05) is 24.4 Å². The summed E-state index contributed by atoms with van der Waals surface area (Å²) < 4.78 is 5.09. The highest BCUT2D eigenvalue weighted by Crippen LogP contribution is 2.30. The van der Waals surface area contributed by atoms with Crippen LogP contribution in [0, 0.1) is 0 Å². The lowest BCUT2D eigenvalue weighted by atomic mass is 9.89. The van der Waals surface area contributed by atoms with Crippen LogP contribution in [0.3, 0.4) is 0 Å². The molecule has 0 radical (unpaired) electrons. The Hall–Kier alpha value is -1.10. The lowest BCUT2D eigenvalue weighted by Gasteiger charge is -2.17. The first kappa shape index (κ1) is 12.4. The van der Waals surface area contributed by atoms with Crippen molar-refractivity contribution in [3.05, 3.63) is 11.7 Å². The van der Waals surface area contributed by atoms with E-state index in [1.807, 2.05) is 0 Å². The fourth-order valence-electron chi connectivity index (χ4n) is 2.09. The zero-order valence-corrected chi connectivity index (χ0v) is 10.4. The number of nitrogens with zero attached hydrogens (tertiary/aromatic N) is 2. The van der Waals surface area contributed by atoms with E-state index in [-0.39, 0.29) is 18.3 Å². The smallest absolute Gasteiger partial charge is 0.246 e. The molecule has 0 spiro atoms. The fourth-order valence-corrected chi connectivity index (χ4v) is 2.18. The van der Waals surface area contributed by atoms with E-state index in [0.717, 1.165) is 18.7 Å². The van der Waals surface area contributed by atoms with Crippen molar-refractivity contribution in [2.75, 3.05) is 5.88 Å². The molecule has 0 aromatic carbocycles. The minimum absolute atomic E-state index is 0.0520. The average molecular weight is 258 g/mol. The molecule has 0 bridgehead atoms. The average Bonchev–Trinajstić information content (AvgIpc) is 2.86. The van der Waals surface area contributed by atoms with Gasteiger partial charge in [-0.2, -0.15) is 4.98 Å². The summed E-state index contributed by atoms with van der Waals surface area (Å²) in [5, 5.41) is 6.57. The third-order valence-electron chi connectivity index (χ3n) is 3.01. The first-order chi connectivity index (χ1) is 8.29. The van der Waals surface area contributed by atoms with E-state index in [9.17, 15) is 4.79 Å². The first-order valence-corrected chi connectivity index (χ1v) is 6.48. The van der Waals surface area contributed by atoms with Crippen LogP contribution in [0.15, 0.2) is 4.52 Å². The highest BCUT2D eigenvalue weighted by atomic mass is 35.5. The minimum Gasteiger partial charge on any atom is -0.346 e. The van der Waals surface area contributed by atoms with Crippen molar-refractivity contribution in [1.29, 1.82) is 0 Å². The standard InChI is InChI=1S/C11H16ClN3O2/c12-6-9(16)13-7-10-14-11(15-17-10)8-4-2-1-3-5-8/h8H,1-7H2,(H,13,16). The molecule has 1 heterocycles. The summed E-state index contributed by atoms with van der Waals surface area (Å²) in [6.07, 6.45) is 6.03. The molecular weight excluding hydrogens is 242 g/mol. The van der Waals surface area contributed by atoms with Gasteiger partial charge in [-0.15, -0.1) is 11.6 Å². The number of hydrogen-bond donors (Lipinski definition) is 1. The van der Waals surface area contributed by atoms with Crippen LogP contribution in [0.2, 0.25) is 0 Å². The molecular formula is C11H16ClN3O2. The van der Waals surface area contributed by atoms with Gasteiger partial charge in [0.2, 0.25) is 11.8 Å². The van der Waals surface area contributed by atoms with E-state index in [1.54, 1.807) is 0 Å². The van der Waals surface area contributed by atoms with Gasteiger partial charge in [-0.3, -0.25) is 4.79 Å². The summed E-state index contributed by atoms with van der Waals surface area (Å²) in [5.74, 6) is 1.36. The molecule has 0 unspecified atom stereocenters. The lowest BCUT2D eigenvalue weighted by Crippen LogP contribution is -2.23. The summed E-state index contributed by atoms with van der Waals surface area (Å²) in [5.41, 5.74) is 0. The van der Waals surface area contributed by atoms with Crippen LogP contribution in [0.5, 0.6) is 0 Å². The van der Waals surface area contributed by atoms with E-state index in [4.69, 9.17) is 16.1 Å². The molecule has 0 atom stereocenters. The zero-order valence-electron chi connectivity index (χ0n) is 9.62. The van der Waals surface area contributed by atoms with Gasteiger partial charge in [0.05, 0.1) is 6.54 Å². The number of alkyl halides is 1. The molecule has 1 N–H and O–H groups in total. The molecule has 0 saturated heterocycles. The van der Waals surface area contributed by atoms with Gasteiger partial charge in [-0.05, 0) is 12.8 Å². The molecule has 1 saturated carbocycles. The second-order valence-electron chi connectivity index (χ2n) is 4.29. The van der Waals surface area contributed by atoms with Crippen molar-refractivity contribution in [1.82, 2.24) is 15.5 Å². The van der Waals surface area contributed by atoms with Gasteiger partial charge in [0.25, 0.3) is 0 Å². The highest BCUT2D eigenvalue weighted by Gasteiger charge is 2.20. The molecule has 2 rings (SSSR count). The van der Waals surface area contributed by atoms with Crippen LogP contribution in [0.4, 0.5) is 0 Å². The Labute approximate surface area is 105 Å². The maximum absolute atomic E-state index is 11.0. The van der Waals surface area contributed by atoms with E-state index in [2.05, 4.69) is 15.5 Å². The predicted molar refractivity (Wildman–Crippen MR) is 62.7 cm³/mol. The second-order valence-corrected chi connectivity index (χ2v) is 4.56. The third-order valence-corrected chi connectivity index (χ3v) is 3.26. The fraction of sp³-hybridized carbons (Fsp3) is 0.727. The largest absolute Gasteiger partial charge is 0.346 e. The number of hydrogen-bond acceptors (Lipinski definition) is 4. The van der Waals surface area contributed by atoms with Gasteiger partial charge >= 0.3 is 0 Å².